The van der Waals surface area contributed by atoms with Crippen molar-refractivity contribution in [2.45, 2.75) is 0 Å². The molecule has 4 rings (SSSR count). The Morgan fingerprint density at radius 2 is 2.00 bits per heavy atom. The van der Waals surface area contributed by atoms with Gasteiger partial charge in [0.25, 0.3) is 0 Å². The fourth-order valence-corrected chi connectivity index (χ4v) is 3.30. The third kappa shape index (κ3) is 4.35. The molecule has 0 aliphatic carbocycles. The highest BCUT2D eigenvalue weighted by molar-refractivity contribution is 6.32. The van der Waals surface area contributed by atoms with Crippen molar-refractivity contribution in [3.05, 3.63) is 64.8 Å². The maximum atomic E-state index is 6.45. The van der Waals surface area contributed by atoms with Crippen LogP contribution in [0.15, 0.2) is 58.9 Å². The highest BCUT2D eigenvalue weighted by Crippen LogP contribution is 2.32. The predicted octanol–water partition coefficient (Wildman–Crippen LogP) is 5.28. The van der Waals surface area contributed by atoms with E-state index in [1.807, 2.05) is 17.7 Å². The number of hydrogen-bond acceptors (Lipinski definition) is 6. The minimum atomic E-state index is 0.325. The second-order valence-corrected chi connectivity index (χ2v) is 7.27. The number of benzene rings is 1. The summed E-state index contributed by atoms with van der Waals surface area (Å²) in [6, 6.07) is 10.5. The van der Waals surface area contributed by atoms with Gasteiger partial charge in [-0.05, 0) is 37.0 Å². The van der Waals surface area contributed by atoms with E-state index < -0.39 is 0 Å². The van der Waals surface area contributed by atoms with Crippen molar-refractivity contribution in [3.63, 3.8) is 0 Å². The van der Waals surface area contributed by atoms with Crippen LogP contribution in [-0.4, -0.2) is 39.1 Å². The molecule has 3 aromatic heterocycles. The summed E-state index contributed by atoms with van der Waals surface area (Å²) >= 11 is 12.5. The average molecular weight is 454 g/mol. The molecule has 156 valence electrons. The van der Waals surface area contributed by atoms with Crippen LogP contribution in [0.25, 0.3) is 11.2 Å². The van der Waals surface area contributed by atoms with E-state index in [-0.39, 0.29) is 0 Å². The first-order valence-corrected chi connectivity index (χ1v) is 9.86. The quantitative estimate of drug-likeness (QED) is 0.252. The zero-order valence-corrected chi connectivity index (χ0v) is 18.2. The largest absolute Gasteiger partial charge is 0.454 e. The Bertz CT molecular complexity index is 1320. The number of rotatable bonds is 5. The van der Waals surface area contributed by atoms with Gasteiger partial charge in [0.15, 0.2) is 11.5 Å². The summed E-state index contributed by atoms with van der Waals surface area (Å²) in [5.41, 5.74) is 3.23. The molecule has 0 spiro atoms. The molecule has 0 unspecified atom stereocenters. The van der Waals surface area contributed by atoms with Crippen molar-refractivity contribution in [2.75, 3.05) is 12.4 Å². The first-order chi connectivity index (χ1) is 15.0. The molecule has 0 radical (unpaired) electrons. The van der Waals surface area contributed by atoms with E-state index in [1.54, 1.807) is 49.9 Å². The molecule has 0 aliphatic heterocycles. The minimum Gasteiger partial charge on any atom is -0.454 e. The van der Waals surface area contributed by atoms with Crippen LogP contribution in [0.1, 0.15) is 5.69 Å². The topological polar surface area (TPSA) is 89.6 Å². The van der Waals surface area contributed by atoms with E-state index in [9.17, 15) is 0 Å². The summed E-state index contributed by atoms with van der Waals surface area (Å²) in [5.74, 6) is 1.49. The molecule has 0 fully saturated rings. The van der Waals surface area contributed by atoms with E-state index in [4.69, 9.17) is 27.9 Å². The standard InChI is InChI=1S/C21H17Cl2N7O/c1-24-15-5-7-18(23)29-19(15)20(25-2)28-12-4-6-17(14(22)8-12)31-13-9-16-21(26-10-13)30(3)11-27-16/h4-11H,1H2,2-3H3,(H,25,28). The normalized spacial score (nSPS) is 11.5. The van der Waals surface area contributed by atoms with Gasteiger partial charge in [0, 0.05) is 25.8 Å². The number of pyridine rings is 2. The van der Waals surface area contributed by atoms with Crippen LogP contribution in [0.5, 0.6) is 11.5 Å². The molecular weight excluding hydrogens is 437 g/mol. The summed E-state index contributed by atoms with van der Waals surface area (Å²) in [6.45, 7) is 3.57. The van der Waals surface area contributed by atoms with Crippen molar-refractivity contribution in [2.24, 2.45) is 17.0 Å². The lowest BCUT2D eigenvalue weighted by Crippen LogP contribution is -2.15. The lowest BCUT2D eigenvalue weighted by molar-refractivity contribution is 0.481. The Hall–Kier alpha value is -3.49. The number of anilines is 1. The van der Waals surface area contributed by atoms with Crippen LogP contribution in [0, 0.1) is 0 Å². The first kappa shape index (κ1) is 20.8. The molecule has 0 amide bonds. The van der Waals surface area contributed by atoms with Gasteiger partial charge in [0.05, 0.1) is 23.2 Å². The van der Waals surface area contributed by atoms with E-state index >= 15 is 0 Å². The lowest BCUT2D eigenvalue weighted by atomic mass is 10.2. The predicted molar refractivity (Wildman–Crippen MR) is 125 cm³/mol. The number of imidazole rings is 1. The second-order valence-electron chi connectivity index (χ2n) is 6.47. The second kappa shape index (κ2) is 8.71. The molecular formula is C21H17Cl2N7O. The highest BCUT2D eigenvalue weighted by Gasteiger charge is 2.13. The third-order valence-electron chi connectivity index (χ3n) is 4.41. The molecule has 3 heterocycles. The monoisotopic (exact) mass is 453 g/mol. The smallest absolute Gasteiger partial charge is 0.159 e. The molecule has 0 aliphatic rings. The number of nitrogens with zero attached hydrogens (tertiary/aromatic N) is 6. The molecule has 10 heteroatoms. The number of nitrogens with one attached hydrogen (secondary N) is 1. The van der Waals surface area contributed by atoms with Crippen molar-refractivity contribution in [1.82, 2.24) is 19.5 Å². The molecule has 0 saturated heterocycles. The average Bonchev–Trinajstić information content (AvgIpc) is 3.14. The molecule has 1 aromatic carbocycles. The molecule has 1 N–H and O–H groups in total. The Kier molecular flexibility index (Phi) is 5.83. The zero-order chi connectivity index (χ0) is 22.0. The Morgan fingerprint density at radius 3 is 2.74 bits per heavy atom. The fourth-order valence-electron chi connectivity index (χ4n) is 2.93. The summed E-state index contributed by atoms with van der Waals surface area (Å²) in [4.78, 5) is 21.2. The maximum Gasteiger partial charge on any atom is 0.159 e. The number of aliphatic imine (C=N–C) groups is 2. The molecule has 0 saturated carbocycles. The van der Waals surface area contributed by atoms with Gasteiger partial charge in [-0.15, -0.1) is 0 Å². The number of aryl methyl sites for hydroxylation is 1. The van der Waals surface area contributed by atoms with Gasteiger partial charge < -0.3 is 14.6 Å². The van der Waals surface area contributed by atoms with Crippen molar-refractivity contribution >= 4 is 58.3 Å². The van der Waals surface area contributed by atoms with Gasteiger partial charge in [-0.2, -0.15) is 0 Å². The summed E-state index contributed by atoms with van der Waals surface area (Å²) in [6.07, 6.45) is 3.33. The van der Waals surface area contributed by atoms with Crippen molar-refractivity contribution < 1.29 is 4.74 Å². The Labute approximate surface area is 188 Å². The van der Waals surface area contributed by atoms with Gasteiger partial charge in [-0.1, -0.05) is 23.2 Å². The summed E-state index contributed by atoms with van der Waals surface area (Å²) in [5, 5.41) is 3.91. The van der Waals surface area contributed by atoms with Gasteiger partial charge in [-0.25, -0.2) is 15.0 Å². The third-order valence-corrected chi connectivity index (χ3v) is 4.91. The molecule has 8 nitrogen and oxygen atoms in total. The molecule has 31 heavy (non-hydrogen) atoms. The van der Waals surface area contributed by atoms with Crippen LogP contribution >= 0.6 is 23.2 Å². The number of hydrogen-bond donors (Lipinski definition) is 1. The van der Waals surface area contributed by atoms with Gasteiger partial charge >= 0.3 is 0 Å². The van der Waals surface area contributed by atoms with Crippen LogP contribution in [0.3, 0.4) is 0 Å². The van der Waals surface area contributed by atoms with Gasteiger partial charge in [0.2, 0.25) is 0 Å². The van der Waals surface area contributed by atoms with E-state index in [2.05, 4.69) is 37.0 Å². The zero-order valence-electron chi connectivity index (χ0n) is 16.7. The maximum absolute atomic E-state index is 6.45. The van der Waals surface area contributed by atoms with E-state index in [0.29, 0.717) is 44.6 Å². The lowest BCUT2D eigenvalue weighted by Gasteiger charge is -2.13. The summed E-state index contributed by atoms with van der Waals surface area (Å²) < 4.78 is 7.73. The van der Waals surface area contributed by atoms with Gasteiger partial charge in [0.1, 0.15) is 27.9 Å². The van der Waals surface area contributed by atoms with E-state index in [1.165, 1.54) is 0 Å². The van der Waals surface area contributed by atoms with E-state index in [0.717, 1.165) is 11.2 Å². The molecule has 0 bridgehead atoms. The molecule has 4 aromatic rings. The van der Waals surface area contributed by atoms with Crippen LogP contribution in [-0.2, 0) is 7.05 Å². The summed E-state index contributed by atoms with van der Waals surface area (Å²) in [7, 11) is 3.52. The SMILES string of the molecule is C=Nc1ccc(Cl)nc1C(=NC)Nc1ccc(Oc2cnc3c(c2)ncn3C)c(Cl)c1. The van der Waals surface area contributed by atoms with Crippen LogP contribution in [0.4, 0.5) is 11.4 Å². The van der Waals surface area contributed by atoms with Gasteiger partial charge in [-0.3, -0.25) is 9.98 Å². The fraction of sp³-hybridized carbons (Fsp3) is 0.0952. The number of fused-ring (bicyclic) bond motifs is 1. The van der Waals surface area contributed by atoms with Crippen molar-refractivity contribution in [3.8, 4) is 11.5 Å². The van der Waals surface area contributed by atoms with Crippen LogP contribution in [0.2, 0.25) is 10.2 Å². The Morgan fingerprint density at radius 1 is 1.16 bits per heavy atom. The number of amidine groups is 1. The molecule has 0 atom stereocenters. The first-order valence-electron chi connectivity index (χ1n) is 9.10. The number of halogens is 2. The Balaban J connectivity index is 1.56. The van der Waals surface area contributed by atoms with Crippen molar-refractivity contribution in [1.29, 1.82) is 0 Å². The number of ether oxygens (including phenoxy) is 1. The minimum absolute atomic E-state index is 0.325. The number of aromatic nitrogens is 4. The van der Waals surface area contributed by atoms with Crippen LogP contribution < -0.4 is 10.1 Å². The highest BCUT2D eigenvalue weighted by atomic mass is 35.5.